The molecule has 1 aromatic carbocycles. The first-order valence-corrected chi connectivity index (χ1v) is 12.2. The van der Waals surface area contributed by atoms with Gasteiger partial charge in [-0.15, -0.1) is 0 Å². The molecule has 10 heteroatoms. The Kier molecular flexibility index (Phi) is 6.95. The van der Waals surface area contributed by atoms with Crippen molar-refractivity contribution in [3.8, 4) is 28.5 Å². The summed E-state index contributed by atoms with van der Waals surface area (Å²) in [5.74, 6) is 0.115. The van der Waals surface area contributed by atoms with E-state index in [9.17, 15) is 13.6 Å². The number of carbonyl (C=O) groups is 1. The summed E-state index contributed by atoms with van der Waals surface area (Å²) in [6.45, 7) is -1.34. The largest absolute Gasteiger partial charge is 0.496 e. The molecule has 1 aliphatic heterocycles. The molecule has 1 N–H and O–H groups in total. The maximum atomic E-state index is 13.2. The van der Waals surface area contributed by atoms with Crippen LogP contribution in [-0.2, 0) is 0 Å². The zero-order chi connectivity index (χ0) is 25.2. The van der Waals surface area contributed by atoms with Gasteiger partial charge in [0.05, 0.1) is 25.6 Å². The zero-order valence-electron chi connectivity index (χ0n) is 20.4. The van der Waals surface area contributed by atoms with E-state index in [1.165, 1.54) is 26.0 Å². The summed E-state index contributed by atoms with van der Waals surface area (Å²) in [6.07, 6.45) is 8.58. The molecule has 36 heavy (non-hydrogen) atoms. The quantitative estimate of drug-likeness (QED) is 0.446. The molecule has 0 spiro atoms. The number of hydrogen-bond acceptors (Lipinski definition) is 6. The number of likely N-dealkylation sites (tertiary alicyclic amines) is 1. The Morgan fingerprint density at radius 1 is 1.22 bits per heavy atom. The number of aromatic nitrogens is 2. The highest BCUT2D eigenvalue weighted by Crippen LogP contribution is 2.37. The summed E-state index contributed by atoms with van der Waals surface area (Å²) in [4.78, 5) is 19.6. The Labute approximate surface area is 208 Å². The minimum atomic E-state index is -3.09. The third-order valence-electron chi connectivity index (χ3n) is 6.81. The fourth-order valence-electron chi connectivity index (χ4n) is 4.72. The Morgan fingerprint density at radius 2 is 2.03 bits per heavy atom. The fraction of sp³-hybridized carbons (Fsp3) is 0.462. The zero-order valence-corrected chi connectivity index (χ0v) is 20.4. The molecule has 3 heterocycles. The van der Waals surface area contributed by atoms with Crippen LogP contribution in [0.3, 0.4) is 0 Å². The molecule has 192 valence electrons. The summed E-state index contributed by atoms with van der Waals surface area (Å²) < 4.78 is 44.4. The SMILES string of the molecule is COc1cc(-c2cnc3cc(OCCC4CCCN4C)ccn23)cc(OC(F)F)c1C(=O)NC1CC1. The Morgan fingerprint density at radius 3 is 2.72 bits per heavy atom. The molecule has 5 rings (SSSR count). The number of imidazole rings is 1. The highest BCUT2D eigenvalue weighted by atomic mass is 19.3. The van der Waals surface area contributed by atoms with Crippen molar-refractivity contribution in [2.45, 2.75) is 50.8 Å². The number of pyridine rings is 1. The first kappa shape index (κ1) is 24.3. The molecule has 0 bridgehead atoms. The van der Waals surface area contributed by atoms with E-state index in [-0.39, 0.29) is 23.1 Å². The Hall–Kier alpha value is -3.40. The van der Waals surface area contributed by atoms with E-state index in [4.69, 9.17) is 14.2 Å². The molecule has 2 aliphatic rings. The normalized spacial score (nSPS) is 18.1. The highest BCUT2D eigenvalue weighted by Gasteiger charge is 2.29. The van der Waals surface area contributed by atoms with Crippen LogP contribution in [0.1, 0.15) is 42.5 Å². The maximum Gasteiger partial charge on any atom is 0.387 e. The van der Waals surface area contributed by atoms with E-state index >= 15 is 0 Å². The van der Waals surface area contributed by atoms with Gasteiger partial charge in [0.25, 0.3) is 5.91 Å². The number of nitrogens with zero attached hydrogens (tertiary/aromatic N) is 3. The van der Waals surface area contributed by atoms with Gasteiger partial charge in [-0.05, 0) is 63.9 Å². The maximum absolute atomic E-state index is 13.2. The van der Waals surface area contributed by atoms with Crippen LogP contribution in [0.15, 0.2) is 36.7 Å². The van der Waals surface area contributed by atoms with E-state index < -0.39 is 12.5 Å². The minimum Gasteiger partial charge on any atom is -0.496 e. The molecule has 1 amide bonds. The molecule has 8 nitrogen and oxygen atoms in total. The van der Waals surface area contributed by atoms with E-state index in [0.717, 1.165) is 25.8 Å². The Balaban J connectivity index is 1.40. The number of halogens is 2. The summed E-state index contributed by atoms with van der Waals surface area (Å²) >= 11 is 0. The van der Waals surface area contributed by atoms with E-state index in [0.29, 0.717) is 35.3 Å². The lowest BCUT2D eigenvalue weighted by Gasteiger charge is -2.19. The molecular weight excluding hydrogens is 470 g/mol. The second-order valence-electron chi connectivity index (χ2n) is 9.33. The number of hydrogen-bond donors (Lipinski definition) is 1. The monoisotopic (exact) mass is 500 g/mol. The molecule has 1 saturated heterocycles. The van der Waals surface area contributed by atoms with Crippen LogP contribution in [0.4, 0.5) is 8.78 Å². The van der Waals surface area contributed by atoms with Crippen molar-refractivity contribution in [3.05, 3.63) is 42.2 Å². The van der Waals surface area contributed by atoms with Crippen LogP contribution in [-0.4, -0.2) is 66.2 Å². The third kappa shape index (κ3) is 5.23. The van der Waals surface area contributed by atoms with Crippen molar-refractivity contribution in [1.82, 2.24) is 19.6 Å². The lowest BCUT2D eigenvalue weighted by atomic mass is 10.1. The first-order chi connectivity index (χ1) is 17.4. The number of nitrogens with one attached hydrogen (secondary N) is 1. The fourth-order valence-corrected chi connectivity index (χ4v) is 4.72. The summed E-state index contributed by atoms with van der Waals surface area (Å²) in [7, 11) is 3.54. The molecule has 2 fully saturated rings. The summed E-state index contributed by atoms with van der Waals surface area (Å²) in [5.41, 5.74) is 1.75. The van der Waals surface area contributed by atoms with Gasteiger partial charge in [0.2, 0.25) is 0 Å². The van der Waals surface area contributed by atoms with Gasteiger partial charge in [-0.25, -0.2) is 4.98 Å². The van der Waals surface area contributed by atoms with E-state index in [1.807, 2.05) is 22.7 Å². The van der Waals surface area contributed by atoms with Gasteiger partial charge in [-0.1, -0.05) is 0 Å². The van der Waals surface area contributed by atoms with E-state index in [2.05, 4.69) is 22.2 Å². The number of alkyl halides is 2. The van der Waals surface area contributed by atoms with Crippen LogP contribution in [0.2, 0.25) is 0 Å². The Bertz CT molecular complexity index is 1240. The second kappa shape index (κ2) is 10.3. The van der Waals surface area contributed by atoms with Crippen molar-refractivity contribution in [2.75, 3.05) is 27.3 Å². The number of amides is 1. The highest BCUT2D eigenvalue weighted by molar-refractivity contribution is 6.01. The average Bonchev–Trinajstić information content (AvgIpc) is 3.41. The van der Waals surface area contributed by atoms with Crippen LogP contribution in [0.25, 0.3) is 16.9 Å². The van der Waals surface area contributed by atoms with Gasteiger partial charge in [0, 0.05) is 29.9 Å². The van der Waals surface area contributed by atoms with Crippen LogP contribution in [0.5, 0.6) is 17.2 Å². The van der Waals surface area contributed by atoms with Crippen molar-refractivity contribution in [1.29, 1.82) is 0 Å². The van der Waals surface area contributed by atoms with E-state index in [1.54, 1.807) is 12.3 Å². The van der Waals surface area contributed by atoms with Gasteiger partial charge in [-0.2, -0.15) is 8.78 Å². The number of carbonyl (C=O) groups excluding carboxylic acids is 1. The molecular formula is C26H30F2N4O4. The van der Waals surface area contributed by atoms with Gasteiger partial charge in [-0.3, -0.25) is 9.20 Å². The molecule has 3 aromatic rings. The van der Waals surface area contributed by atoms with Gasteiger partial charge in [0.15, 0.2) is 0 Å². The van der Waals surface area contributed by atoms with Gasteiger partial charge >= 0.3 is 6.61 Å². The average molecular weight is 501 g/mol. The predicted octanol–water partition coefficient (Wildman–Crippen LogP) is 4.37. The summed E-state index contributed by atoms with van der Waals surface area (Å²) in [5, 5.41) is 2.81. The number of rotatable bonds is 10. The number of methoxy groups -OCH3 is 1. The molecule has 1 saturated carbocycles. The topological polar surface area (TPSA) is 77.3 Å². The van der Waals surface area contributed by atoms with Gasteiger partial charge < -0.3 is 24.4 Å². The molecule has 1 unspecified atom stereocenters. The van der Waals surface area contributed by atoms with Crippen molar-refractivity contribution in [3.63, 3.8) is 0 Å². The smallest absolute Gasteiger partial charge is 0.387 e. The van der Waals surface area contributed by atoms with Crippen molar-refractivity contribution >= 4 is 11.6 Å². The third-order valence-corrected chi connectivity index (χ3v) is 6.81. The van der Waals surface area contributed by atoms with Gasteiger partial charge in [0.1, 0.15) is 28.5 Å². The molecule has 0 radical (unpaired) electrons. The summed E-state index contributed by atoms with van der Waals surface area (Å²) in [6, 6.07) is 7.35. The first-order valence-electron chi connectivity index (χ1n) is 12.2. The lowest BCUT2D eigenvalue weighted by Crippen LogP contribution is -2.26. The van der Waals surface area contributed by atoms with Crippen LogP contribution < -0.4 is 19.5 Å². The standard InChI is InChI=1S/C26H30F2N4O4/c1-31-9-3-4-18(31)8-11-35-19-7-10-32-20(15-29-23(32)14-19)16-12-21(34-2)24(22(13-16)36-26(27)28)25(33)30-17-5-6-17/h7,10,12-15,17-18,26H,3-6,8-9,11H2,1-2H3,(H,30,33). The van der Waals surface area contributed by atoms with Crippen LogP contribution in [0, 0.1) is 0 Å². The minimum absolute atomic E-state index is 0.0501. The number of fused-ring (bicyclic) bond motifs is 1. The second-order valence-corrected chi connectivity index (χ2v) is 9.33. The van der Waals surface area contributed by atoms with Crippen molar-refractivity contribution in [2.24, 2.45) is 0 Å². The predicted molar refractivity (Wildman–Crippen MR) is 130 cm³/mol. The van der Waals surface area contributed by atoms with Crippen LogP contribution >= 0.6 is 0 Å². The molecule has 1 aliphatic carbocycles. The van der Waals surface area contributed by atoms with Crippen molar-refractivity contribution < 1.29 is 27.8 Å². The number of ether oxygens (including phenoxy) is 3. The molecule has 2 aromatic heterocycles. The number of benzene rings is 1. The lowest BCUT2D eigenvalue weighted by molar-refractivity contribution is -0.0502. The molecule has 1 atom stereocenters.